The average molecular weight is 434 g/mol. The van der Waals surface area contributed by atoms with Crippen LogP contribution in [0, 0.1) is 18.2 Å². The zero-order valence-corrected chi connectivity index (χ0v) is 17.5. The van der Waals surface area contributed by atoms with Crippen molar-refractivity contribution >= 4 is 29.3 Å². The van der Waals surface area contributed by atoms with Crippen LogP contribution in [0.3, 0.4) is 0 Å². The van der Waals surface area contributed by atoms with Gasteiger partial charge in [0.2, 0.25) is 0 Å². The third-order valence-electron chi connectivity index (χ3n) is 4.97. The van der Waals surface area contributed by atoms with Gasteiger partial charge in [0, 0.05) is 46.5 Å². The Kier molecular flexibility index (Phi) is 5.98. The highest BCUT2D eigenvalue weighted by molar-refractivity contribution is 5.87. The molecule has 0 radical (unpaired) electrons. The molecular weight excluding hydrogens is 411 g/mol. The van der Waals surface area contributed by atoms with Gasteiger partial charge in [0.15, 0.2) is 24.0 Å². The van der Waals surface area contributed by atoms with Gasteiger partial charge in [-0.1, -0.05) is 0 Å². The number of aryl methyl sites for hydroxylation is 1. The van der Waals surface area contributed by atoms with Crippen LogP contribution in [0.15, 0.2) is 42.6 Å². The van der Waals surface area contributed by atoms with Crippen molar-refractivity contribution in [3.05, 3.63) is 59.5 Å². The Labute approximate surface area is 184 Å². The van der Waals surface area contributed by atoms with E-state index < -0.39 is 5.82 Å². The molecule has 1 fully saturated rings. The Hall–Kier alpha value is -4.01. The predicted molar refractivity (Wildman–Crippen MR) is 121 cm³/mol. The molecule has 1 heterocycles. The molecule has 0 spiro atoms. The van der Waals surface area contributed by atoms with Gasteiger partial charge >= 0.3 is 0 Å². The van der Waals surface area contributed by atoms with Gasteiger partial charge in [-0.05, 0) is 56.2 Å². The van der Waals surface area contributed by atoms with Gasteiger partial charge in [0.25, 0.3) is 5.91 Å². The van der Waals surface area contributed by atoms with Crippen LogP contribution >= 0.6 is 0 Å². The summed E-state index contributed by atoms with van der Waals surface area (Å²) in [4.78, 5) is 20.8. The Morgan fingerprint density at radius 2 is 2.12 bits per heavy atom. The molecular formula is C23H23FN6O2. The van der Waals surface area contributed by atoms with Crippen LogP contribution in [0.25, 0.3) is 11.4 Å². The molecule has 2 aromatic carbocycles. The van der Waals surface area contributed by atoms with E-state index >= 15 is 0 Å². The zero-order chi connectivity index (χ0) is 22.7. The van der Waals surface area contributed by atoms with E-state index in [2.05, 4.69) is 20.6 Å². The number of nitrogens with one attached hydrogen (secondary N) is 3. The highest BCUT2D eigenvalue weighted by Crippen LogP contribution is 2.27. The van der Waals surface area contributed by atoms with Gasteiger partial charge < -0.3 is 26.5 Å². The van der Waals surface area contributed by atoms with Gasteiger partial charge in [-0.3, -0.25) is 4.79 Å². The van der Waals surface area contributed by atoms with Crippen LogP contribution in [0.1, 0.15) is 24.0 Å². The number of nitrogens with two attached hydrogens (primary N) is 1. The molecule has 0 atom stereocenters. The zero-order valence-electron chi connectivity index (χ0n) is 17.5. The highest BCUT2D eigenvalue weighted by Gasteiger charge is 2.23. The smallest absolute Gasteiger partial charge is 0.258 e. The summed E-state index contributed by atoms with van der Waals surface area (Å²) < 4.78 is 19.6. The lowest BCUT2D eigenvalue weighted by atomic mass is 10.1. The first-order chi connectivity index (χ1) is 15.4. The molecule has 1 aliphatic rings. The fourth-order valence-corrected chi connectivity index (χ4v) is 3.02. The topological polar surface area (TPSA) is 126 Å². The molecule has 3 aromatic rings. The van der Waals surface area contributed by atoms with E-state index in [9.17, 15) is 9.18 Å². The lowest BCUT2D eigenvalue weighted by Gasteiger charge is -2.12. The second-order valence-corrected chi connectivity index (χ2v) is 7.61. The van der Waals surface area contributed by atoms with E-state index in [0.717, 1.165) is 24.1 Å². The summed E-state index contributed by atoms with van der Waals surface area (Å²) in [7, 11) is 0. The maximum Gasteiger partial charge on any atom is 0.258 e. The normalized spacial score (nSPS) is 12.8. The van der Waals surface area contributed by atoms with Crippen molar-refractivity contribution in [2.45, 2.75) is 25.8 Å². The van der Waals surface area contributed by atoms with E-state index in [1.807, 2.05) is 6.92 Å². The minimum absolute atomic E-state index is 0.0405. The van der Waals surface area contributed by atoms with E-state index in [-0.39, 0.29) is 24.3 Å². The van der Waals surface area contributed by atoms with Gasteiger partial charge in [-0.25, -0.2) is 14.4 Å². The summed E-state index contributed by atoms with van der Waals surface area (Å²) in [5.74, 6) is 0.0448. The van der Waals surface area contributed by atoms with Crippen molar-refractivity contribution in [1.29, 1.82) is 5.41 Å². The summed E-state index contributed by atoms with van der Waals surface area (Å²) in [6.07, 6.45) is 4.78. The van der Waals surface area contributed by atoms with Crippen molar-refractivity contribution in [3.8, 4) is 17.1 Å². The van der Waals surface area contributed by atoms with Crippen molar-refractivity contribution in [2.24, 2.45) is 0 Å². The van der Waals surface area contributed by atoms with Crippen molar-refractivity contribution in [1.82, 2.24) is 15.3 Å². The average Bonchev–Trinajstić information content (AvgIpc) is 3.60. The summed E-state index contributed by atoms with van der Waals surface area (Å²) >= 11 is 0. The molecule has 0 unspecified atom stereocenters. The number of aromatic nitrogens is 2. The van der Waals surface area contributed by atoms with Gasteiger partial charge in [-0.15, -0.1) is 0 Å². The maximum absolute atomic E-state index is 14.2. The first-order valence-electron chi connectivity index (χ1n) is 10.2. The SMILES string of the molecule is Cc1cnc(-c2ccc(F)c(OCC(=O)NC3CC3)c2)nc1Nc1ccc(N)c(C=N)c1. The van der Waals surface area contributed by atoms with E-state index in [1.165, 1.54) is 18.3 Å². The first kappa shape index (κ1) is 21.2. The van der Waals surface area contributed by atoms with Crippen LogP contribution in [0.4, 0.5) is 21.6 Å². The first-order valence-corrected chi connectivity index (χ1v) is 10.2. The number of hydrogen-bond donors (Lipinski definition) is 4. The number of benzene rings is 2. The second-order valence-electron chi connectivity index (χ2n) is 7.61. The fourth-order valence-electron chi connectivity index (χ4n) is 3.02. The number of ether oxygens (including phenoxy) is 1. The predicted octanol–water partition coefficient (Wildman–Crippen LogP) is 3.57. The summed E-state index contributed by atoms with van der Waals surface area (Å²) in [6.45, 7) is 1.60. The number of amides is 1. The highest BCUT2D eigenvalue weighted by atomic mass is 19.1. The second kappa shape index (κ2) is 9.01. The number of carbonyl (C=O) groups excluding carboxylic acids is 1. The van der Waals surface area contributed by atoms with Gasteiger partial charge in [-0.2, -0.15) is 0 Å². The van der Waals surface area contributed by atoms with Crippen LogP contribution in [-0.4, -0.2) is 34.7 Å². The number of carbonyl (C=O) groups is 1. The van der Waals surface area contributed by atoms with E-state index in [4.69, 9.17) is 15.9 Å². The Bertz CT molecular complexity index is 1180. The Morgan fingerprint density at radius 1 is 1.31 bits per heavy atom. The van der Waals surface area contributed by atoms with Crippen LogP contribution < -0.4 is 21.1 Å². The summed E-state index contributed by atoms with van der Waals surface area (Å²) in [5.41, 5.74) is 9.01. The van der Waals surface area contributed by atoms with Crippen LogP contribution in [0.2, 0.25) is 0 Å². The lowest BCUT2D eigenvalue weighted by Crippen LogP contribution is -2.30. The fraction of sp³-hybridized carbons (Fsp3) is 0.217. The quantitative estimate of drug-likeness (QED) is 0.317. The largest absolute Gasteiger partial charge is 0.481 e. The molecule has 5 N–H and O–H groups in total. The molecule has 0 aliphatic heterocycles. The maximum atomic E-state index is 14.2. The number of nitrogen functional groups attached to an aromatic ring is 1. The monoisotopic (exact) mass is 434 g/mol. The molecule has 1 amide bonds. The van der Waals surface area contributed by atoms with Crippen LogP contribution in [0.5, 0.6) is 5.75 Å². The molecule has 164 valence electrons. The third kappa shape index (κ3) is 5.00. The molecule has 32 heavy (non-hydrogen) atoms. The van der Waals surface area contributed by atoms with Crippen molar-refractivity contribution < 1.29 is 13.9 Å². The minimum atomic E-state index is -0.570. The molecule has 1 saturated carbocycles. The molecule has 1 aliphatic carbocycles. The standard InChI is InChI=1S/C23H23FN6O2/c1-13-11-27-23(30-22(13)29-17-5-7-19(26)15(8-17)10-25)14-2-6-18(24)20(9-14)32-12-21(31)28-16-3-4-16/h2,5-11,16,25H,3-4,12,26H2,1H3,(H,28,31)(H,27,29,30). The van der Waals surface area contributed by atoms with Gasteiger partial charge in [0.05, 0.1) is 0 Å². The van der Waals surface area contributed by atoms with Crippen molar-refractivity contribution in [2.75, 3.05) is 17.7 Å². The van der Waals surface area contributed by atoms with Crippen LogP contribution in [-0.2, 0) is 4.79 Å². The number of hydrogen-bond acceptors (Lipinski definition) is 7. The van der Waals surface area contributed by atoms with Gasteiger partial charge in [0.1, 0.15) is 5.82 Å². The molecule has 9 heteroatoms. The molecule has 4 rings (SSSR count). The lowest BCUT2D eigenvalue weighted by molar-refractivity contribution is -0.123. The molecule has 0 saturated heterocycles. The molecule has 8 nitrogen and oxygen atoms in total. The van der Waals surface area contributed by atoms with Crippen molar-refractivity contribution in [3.63, 3.8) is 0 Å². The minimum Gasteiger partial charge on any atom is -0.481 e. The molecule has 1 aromatic heterocycles. The summed E-state index contributed by atoms with van der Waals surface area (Å²) in [6, 6.07) is 9.76. The summed E-state index contributed by atoms with van der Waals surface area (Å²) in [5, 5.41) is 13.5. The third-order valence-corrected chi connectivity index (χ3v) is 4.97. The number of nitrogens with zero attached hydrogens (tertiary/aromatic N) is 2. The molecule has 0 bridgehead atoms. The van der Waals surface area contributed by atoms with E-state index in [1.54, 1.807) is 30.5 Å². The number of rotatable bonds is 8. The number of halogens is 1. The number of anilines is 3. The van der Waals surface area contributed by atoms with E-state index in [0.29, 0.717) is 28.5 Å². The Morgan fingerprint density at radius 3 is 2.88 bits per heavy atom. The Balaban J connectivity index is 1.54.